The summed E-state index contributed by atoms with van der Waals surface area (Å²) in [6, 6.07) is 0. The van der Waals surface area contributed by atoms with Gasteiger partial charge in [0.15, 0.2) is 0 Å². The molecule has 14 heavy (non-hydrogen) atoms. The Bertz CT molecular complexity index is 233. The predicted molar refractivity (Wildman–Crippen MR) is 44.2 cm³/mol. The maximum absolute atomic E-state index is 10.2. The maximum atomic E-state index is 10.2. The van der Waals surface area contributed by atoms with Crippen LogP contribution in [0, 0.1) is 0 Å². The summed E-state index contributed by atoms with van der Waals surface area (Å²) in [7, 11) is 0. The molecule has 1 aliphatic rings. The minimum Gasteiger partial charge on any atom is -0.450 e. The van der Waals surface area contributed by atoms with Crippen LogP contribution in [0.1, 0.15) is 12.8 Å². The zero-order valence-corrected chi connectivity index (χ0v) is 7.25. The van der Waals surface area contributed by atoms with Gasteiger partial charge < -0.3 is 19.7 Å². The van der Waals surface area contributed by atoms with Crippen LogP contribution in [-0.2, 0) is 9.47 Å². The average molecular weight is 202 g/mol. The predicted octanol–water partition coefficient (Wildman–Crippen LogP) is 1.46. The van der Waals surface area contributed by atoms with E-state index in [1.54, 1.807) is 12.2 Å². The number of rotatable bonds is 2. The van der Waals surface area contributed by atoms with E-state index in [2.05, 4.69) is 9.47 Å². The molecule has 78 valence electrons. The third-order valence-electron chi connectivity index (χ3n) is 1.82. The highest BCUT2D eigenvalue weighted by Crippen LogP contribution is 2.18. The Kier molecular flexibility index (Phi) is 3.33. The fourth-order valence-corrected chi connectivity index (χ4v) is 1.27. The van der Waals surface area contributed by atoms with Gasteiger partial charge in [0.1, 0.15) is 12.2 Å². The summed E-state index contributed by atoms with van der Waals surface area (Å²) >= 11 is 0. The van der Waals surface area contributed by atoms with Gasteiger partial charge in [0.25, 0.3) is 0 Å². The second kappa shape index (κ2) is 4.50. The summed E-state index contributed by atoms with van der Waals surface area (Å²) in [5, 5.41) is 16.7. The van der Waals surface area contributed by atoms with Gasteiger partial charge in [-0.25, -0.2) is 9.59 Å². The average Bonchev–Trinajstić information content (AvgIpc) is 2.06. The molecule has 0 bridgehead atoms. The van der Waals surface area contributed by atoms with Crippen molar-refractivity contribution >= 4 is 12.3 Å². The molecule has 0 amide bonds. The Balaban J connectivity index is 2.55. The molecule has 0 heterocycles. The molecule has 0 saturated heterocycles. The number of carbonyl (C=O) groups is 2. The van der Waals surface area contributed by atoms with E-state index in [0.29, 0.717) is 12.8 Å². The molecule has 0 fully saturated rings. The normalized spacial score (nSPS) is 25.4. The number of ether oxygens (including phenoxy) is 2. The first-order valence-electron chi connectivity index (χ1n) is 4.03. The molecular formula is C8H10O6. The Morgan fingerprint density at radius 2 is 1.36 bits per heavy atom. The van der Waals surface area contributed by atoms with Gasteiger partial charge in [-0.15, -0.1) is 0 Å². The summed E-state index contributed by atoms with van der Waals surface area (Å²) in [5.74, 6) is 0. The Morgan fingerprint density at radius 1 is 1.00 bits per heavy atom. The Hall–Kier alpha value is -1.72. The monoisotopic (exact) mass is 202 g/mol. The molecule has 2 atom stereocenters. The summed E-state index contributed by atoms with van der Waals surface area (Å²) in [4.78, 5) is 20.5. The third kappa shape index (κ3) is 2.96. The molecule has 6 heteroatoms. The highest BCUT2D eigenvalue weighted by atomic mass is 16.7. The number of hydrogen-bond donors (Lipinski definition) is 2. The van der Waals surface area contributed by atoms with Crippen LogP contribution in [0.5, 0.6) is 0 Å². The van der Waals surface area contributed by atoms with Crippen LogP contribution in [0.2, 0.25) is 0 Å². The largest absolute Gasteiger partial charge is 0.506 e. The smallest absolute Gasteiger partial charge is 0.450 e. The van der Waals surface area contributed by atoms with Crippen LogP contribution in [-0.4, -0.2) is 34.7 Å². The lowest BCUT2D eigenvalue weighted by Gasteiger charge is -2.25. The van der Waals surface area contributed by atoms with Crippen LogP contribution in [0.25, 0.3) is 0 Å². The van der Waals surface area contributed by atoms with Crippen LogP contribution >= 0.6 is 0 Å². The van der Waals surface area contributed by atoms with Gasteiger partial charge in [-0.1, -0.05) is 12.2 Å². The second-order valence-corrected chi connectivity index (χ2v) is 2.79. The van der Waals surface area contributed by atoms with E-state index in [9.17, 15) is 9.59 Å². The molecule has 0 aromatic rings. The standard InChI is InChI=1S/C8H10O6/c9-7(10)13-5-3-1-2-4-6(5)14-8(11)12/h1-2,5-6H,3-4H2,(H,9,10)(H,11,12)/t5-,6+. The van der Waals surface area contributed by atoms with E-state index in [0.717, 1.165) is 0 Å². The van der Waals surface area contributed by atoms with Crippen molar-refractivity contribution in [3.63, 3.8) is 0 Å². The first-order valence-corrected chi connectivity index (χ1v) is 4.03. The van der Waals surface area contributed by atoms with Crippen molar-refractivity contribution < 1.29 is 29.3 Å². The zero-order chi connectivity index (χ0) is 10.6. The summed E-state index contributed by atoms with van der Waals surface area (Å²) in [5.41, 5.74) is 0. The van der Waals surface area contributed by atoms with Gasteiger partial charge in [-0.2, -0.15) is 0 Å². The fourth-order valence-electron chi connectivity index (χ4n) is 1.27. The minimum absolute atomic E-state index is 0.338. The highest BCUT2D eigenvalue weighted by molar-refractivity contribution is 5.58. The molecule has 6 nitrogen and oxygen atoms in total. The molecule has 2 N–H and O–H groups in total. The molecular weight excluding hydrogens is 192 g/mol. The summed E-state index contributed by atoms with van der Waals surface area (Å²) in [6.45, 7) is 0. The van der Waals surface area contributed by atoms with Gasteiger partial charge in [0, 0.05) is 12.8 Å². The summed E-state index contributed by atoms with van der Waals surface area (Å²) < 4.78 is 8.96. The van der Waals surface area contributed by atoms with Crippen molar-refractivity contribution in [3.05, 3.63) is 12.2 Å². The van der Waals surface area contributed by atoms with Crippen LogP contribution in [0.4, 0.5) is 9.59 Å². The van der Waals surface area contributed by atoms with Crippen LogP contribution < -0.4 is 0 Å². The lowest BCUT2D eigenvalue weighted by molar-refractivity contribution is -0.0404. The molecule has 0 aromatic heterocycles. The molecule has 0 aliphatic heterocycles. The molecule has 0 aromatic carbocycles. The van der Waals surface area contributed by atoms with Gasteiger partial charge in [0.2, 0.25) is 0 Å². The molecule has 0 saturated carbocycles. The summed E-state index contributed by atoms with van der Waals surface area (Å²) in [6.07, 6.45) is -0.199. The van der Waals surface area contributed by atoms with Crippen molar-refractivity contribution in [2.45, 2.75) is 25.0 Å². The minimum atomic E-state index is -1.43. The molecule has 0 radical (unpaired) electrons. The first kappa shape index (κ1) is 10.4. The van der Waals surface area contributed by atoms with Crippen molar-refractivity contribution in [2.75, 3.05) is 0 Å². The van der Waals surface area contributed by atoms with Crippen molar-refractivity contribution in [1.82, 2.24) is 0 Å². The third-order valence-corrected chi connectivity index (χ3v) is 1.82. The van der Waals surface area contributed by atoms with E-state index >= 15 is 0 Å². The second-order valence-electron chi connectivity index (χ2n) is 2.79. The van der Waals surface area contributed by atoms with Crippen molar-refractivity contribution in [3.8, 4) is 0 Å². The molecule has 1 aliphatic carbocycles. The van der Waals surface area contributed by atoms with E-state index < -0.39 is 24.5 Å². The van der Waals surface area contributed by atoms with Gasteiger partial charge in [-0.3, -0.25) is 0 Å². The van der Waals surface area contributed by atoms with Gasteiger partial charge >= 0.3 is 12.3 Å². The maximum Gasteiger partial charge on any atom is 0.506 e. The number of carboxylic acid groups (broad SMARTS) is 2. The lowest BCUT2D eigenvalue weighted by Crippen LogP contribution is -2.35. The lowest BCUT2D eigenvalue weighted by atomic mass is 10.0. The van der Waals surface area contributed by atoms with E-state index in [4.69, 9.17) is 10.2 Å². The topological polar surface area (TPSA) is 93.1 Å². The Morgan fingerprint density at radius 3 is 1.64 bits per heavy atom. The quantitative estimate of drug-likeness (QED) is 0.520. The zero-order valence-electron chi connectivity index (χ0n) is 7.25. The highest BCUT2D eigenvalue weighted by Gasteiger charge is 2.29. The van der Waals surface area contributed by atoms with E-state index in [1.165, 1.54) is 0 Å². The van der Waals surface area contributed by atoms with Crippen LogP contribution in [0.15, 0.2) is 12.2 Å². The SMILES string of the molecule is O=C(O)O[C@H]1CC=CC[C@H]1OC(=O)O. The van der Waals surface area contributed by atoms with Gasteiger partial charge in [0.05, 0.1) is 0 Å². The Labute approximate surface area is 79.7 Å². The number of hydrogen-bond acceptors (Lipinski definition) is 4. The van der Waals surface area contributed by atoms with E-state index in [-0.39, 0.29) is 0 Å². The van der Waals surface area contributed by atoms with Crippen molar-refractivity contribution in [2.24, 2.45) is 0 Å². The van der Waals surface area contributed by atoms with Crippen LogP contribution in [0.3, 0.4) is 0 Å². The van der Waals surface area contributed by atoms with Crippen molar-refractivity contribution in [1.29, 1.82) is 0 Å². The first-order chi connectivity index (χ1) is 6.59. The molecule has 0 unspecified atom stereocenters. The molecule has 1 rings (SSSR count). The fraction of sp³-hybridized carbons (Fsp3) is 0.500. The van der Waals surface area contributed by atoms with E-state index in [1.807, 2.05) is 0 Å². The van der Waals surface area contributed by atoms with Gasteiger partial charge in [-0.05, 0) is 0 Å². The molecule has 0 spiro atoms.